The Balaban J connectivity index is 2.08. The van der Waals surface area contributed by atoms with Crippen molar-refractivity contribution in [3.05, 3.63) is 65.5 Å². The van der Waals surface area contributed by atoms with E-state index in [4.69, 9.17) is 0 Å². The van der Waals surface area contributed by atoms with Crippen molar-refractivity contribution in [3.63, 3.8) is 0 Å². The predicted molar refractivity (Wildman–Crippen MR) is 96.6 cm³/mol. The zero-order valence-corrected chi connectivity index (χ0v) is 15.6. The molecule has 10 heteroatoms. The molecule has 0 unspecified atom stereocenters. The van der Waals surface area contributed by atoms with Crippen molar-refractivity contribution in [2.45, 2.75) is 12.6 Å². The molecule has 0 aliphatic rings. The first-order chi connectivity index (χ1) is 13.0. The van der Waals surface area contributed by atoms with Gasteiger partial charge in [-0.2, -0.15) is 17.5 Å². The van der Waals surface area contributed by atoms with E-state index >= 15 is 0 Å². The molecule has 0 radical (unpaired) electrons. The fraction of sp³-hybridized carbons (Fsp3) is 0.278. The van der Waals surface area contributed by atoms with Crippen molar-refractivity contribution in [1.82, 2.24) is 4.31 Å². The lowest BCUT2D eigenvalue weighted by Crippen LogP contribution is -2.38. The summed E-state index contributed by atoms with van der Waals surface area (Å²) in [7, 11) is -3.73. The molecule has 0 heterocycles. The lowest BCUT2D eigenvalue weighted by molar-refractivity contribution is -0.140. The highest BCUT2D eigenvalue weighted by atomic mass is 32.2. The number of alkyl halides is 3. The van der Waals surface area contributed by atoms with Gasteiger partial charge in [-0.15, -0.1) is 0 Å². The highest BCUT2D eigenvalue weighted by Crippen LogP contribution is 2.32. The van der Waals surface area contributed by atoms with Crippen molar-refractivity contribution in [2.75, 3.05) is 24.7 Å². The van der Waals surface area contributed by atoms with E-state index in [1.165, 1.54) is 0 Å². The summed E-state index contributed by atoms with van der Waals surface area (Å²) in [5.74, 6) is -2.30. The Morgan fingerprint density at radius 3 is 2.32 bits per heavy atom. The second-order valence-electron chi connectivity index (χ2n) is 6.07. The molecule has 0 spiro atoms. The smallest absolute Gasteiger partial charge is 0.325 e. The third kappa shape index (κ3) is 6.31. The van der Waals surface area contributed by atoms with Gasteiger partial charge in [-0.1, -0.05) is 30.3 Å². The van der Waals surface area contributed by atoms with E-state index in [1.54, 1.807) is 24.3 Å². The molecule has 2 aromatic rings. The van der Waals surface area contributed by atoms with Gasteiger partial charge in [0.1, 0.15) is 5.82 Å². The summed E-state index contributed by atoms with van der Waals surface area (Å²) in [5.41, 5.74) is -0.936. The highest BCUT2D eigenvalue weighted by Gasteiger charge is 2.34. The largest absolute Gasteiger partial charge is 0.419 e. The molecule has 0 atom stereocenters. The van der Waals surface area contributed by atoms with Crippen molar-refractivity contribution in [1.29, 1.82) is 0 Å². The van der Waals surface area contributed by atoms with Crippen LogP contribution in [-0.2, 0) is 27.4 Å². The molecule has 152 valence electrons. The lowest BCUT2D eigenvalue weighted by atomic mass is 10.1. The van der Waals surface area contributed by atoms with Crippen LogP contribution < -0.4 is 5.32 Å². The third-order valence-electron chi connectivity index (χ3n) is 3.84. The number of rotatable bonds is 7. The number of amides is 1. The molecule has 0 bridgehead atoms. The van der Waals surface area contributed by atoms with E-state index < -0.39 is 40.0 Å². The average molecular weight is 418 g/mol. The number of nitrogens with one attached hydrogen (secondary N) is 1. The van der Waals surface area contributed by atoms with Crippen LogP contribution in [0.5, 0.6) is 0 Å². The monoisotopic (exact) mass is 418 g/mol. The normalized spacial score (nSPS) is 12.2. The van der Waals surface area contributed by atoms with Crippen molar-refractivity contribution < 1.29 is 30.8 Å². The second-order valence-corrected chi connectivity index (χ2v) is 8.06. The molecule has 0 aliphatic heterocycles. The highest BCUT2D eigenvalue weighted by molar-refractivity contribution is 7.88. The number of anilines is 1. The second kappa shape index (κ2) is 8.70. The first-order valence-electron chi connectivity index (χ1n) is 8.12. The Kier molecular flexibility index (Phi) is 6.78. The Morgan fingerprint density at radius 1 is 1.11 bits per heavy atom. The first-order valence-corrected chi connectivity index (χ1v) is 9.97. The Hall–Kier alpha value is -2.46. The summed E-state index contributed by atoms with van der Waals surface area (Å²) in [6.07, 6.45) is -3.62. The van der Waals surface area contributed by atoms with E-state index in [9.17, 15) is 30.8 Å². The Bertz CT molecular complexity index is 932. The van der Waals surface area contributed by atoms with Crippen LogP contribution in [0.3, 0.4) is 0 Å². The van der Waals surface area contributed by atoms with Gasteiger partial charge in [0.15, 0.2) is 0 Å². The van der Waals surface area contributed by atoms with Gasteiger partial charge in [0.2, 0.25) is 15.9 Å². The first kappa shape index (κ1) is 21.8. The van der Waals surface area contributed by atoms with E-state index in [1.807, 2.05) is 6.07 Å². The van der Waals surface area contributed by atoms with Crippen LogP contribution in [0.2, 0.25) is 0 Å². The third-order valence-corrected chi connectivity index (χ3v) is 5.09. The molecule has 0 saturated heterocycles. The Labute approximate surface area is 160 Å². The van der Waals surface area contributed by atoms with Gasteiger partial charge in [0.05, 0.1) is 18.4 Å². The van der Waals surface area contributed by atoms with E-state index in [2.05, 4.69) is 5.32 Å². The van der Waals surface area contributed by atoms with Gasteiger partial charge < -0.3 is 5.32 Å². The number of nitrogens with zero attached hydrogens (tertiary/aromatic N) is 1. The molecule has 0 saturated carbocycles. The summed E-state index contributed by atoms with van der Waals surface area (Å²) >= 11 is 0. The molecule has 5 nitrogen and oxygen atoms in total. The minimum atomic E-state index is -4.92. The SMILES string of the molecule is CS(=O)(=O)N(CCc1ccccc1)CC(=O)Nc1ccc(F)c(C(F)(F)F)c1. The van der Waals surface area contributed by atoms with Crippen molar-refractivity contribution in [2.24, 2.45) is 0 Å². The van der Waals surface area contributed by atoms with E-state index in [0.717, 1.165) is 22.2 Å². The molecular weight excluding hydrogens is 400 g/mol. The fourth-order valence-corrected chi connectivity index (χ4v) is 3.22. The van der Waals surface area contributed by atoms with Gasteiger partial charge >= 0.3 is 6.18 Å². The van der Waals surface area contributed by atoms with Gasteiger partial charge in [0, 0.05) is 12.2 Å². The average Bonchev–Trinajstić information content (AvgIpc) is 2.59. The zero-order chi connectivity index (χ0) is 20.9. The maximum absolute atomic E-state index is 13.3. The van der Waals surface area contributed by atoms with Crippen LogP contribution in [0.4, 0.5) is 23.2 Å². The van der Waals surface area contributed by atoms with Crippen LogP contribution in [0.25, 0.3) is 0 Å². The number of hydrogen-bond donors (Lipinski definition) is 1. The molecule has 28 heavy (non-hydrogen) atoms. The van der Waals surface area contributed by atoms with Gasteiger partial charge in [-0.25, -0.2) is 12.8 Å². The summed E-state index contributed by atoms with van der Waals surface area (Å²) in [4.78, 5) is 12.1. The van der Waals surface area contributed by atoms with Crippen LogP contribution in [0, 0.1) is 5.82 Å². The van der Waals surface area contributed by atoms with E-state index in [-0.39, 0.29) is 12.2 Å². The number of benzene rings is 2. The summed E-state index contributed by atoms with van der Waals surface area (Å²) in [5, 5.41) is 2.17. The topological polar surface area (TPSA) is 66.5 Å². The molecule has 0 fully saturated rings. The number of hydrogen-bond acceptors (Lipinski definition) is 3. The van der Waals surface area contributed by atoms with Gasteiger partial charge in [-0.05, 0) is 30.2 Å². The van der Waals surface area contributed by atoms with Crippen molar-refractivity contribution in [3.8, 4) is 0 Å². The van der Waals surface area contributed by atoms with Crippen LogP contribution in [0.15, 0.2) is 48.5 Å². The minimum absolute atomic E-state index is 0.0213. The molecule has 1 amide bonds. The maximum atomic E-state index is 13.3. The standard InChI is InChI=1S/C18H18F4N2O3S/c1-28(26,27)24(10-9-13-5-3-2-4-6-13)12-17(25)23-14-7-8-16(19)15(11-14)18(20,21)22/h2-8,11H,9-10,12H2,1H3,(H,23,25). The Morgan fingerprint density at radius 2 is 1.75 bits per heavy atom. The number of halogens is 4. The molecule has 0 aliphatic carbocycles. The van der Waals surface area contributed by atoms with Gasteiger partial charge in [0.25, 0.3) is 0 Å². The summed E-state index contributed by atoms with van der Waals surface area (Å²) < 4.78 is 76.3. The molecule has 2 rings (SSSR count). The fourth-order valence-electron chi connectivity index (χ4n) is 2.44. The lowest BCUT2D eigenvalue weighted by Gasteiger charge is -2.19. The molecule has 1 N–H and O–H groups in total. The van der Waals surface area contributed by atoms with Crippen LogP contribution in [-0.4, -0.2) is 38.0 Å². The minimum Gasteiger partial charge on any atom is -0.325 e. The van der Waals surface area contributed by atoms with Crippen LogP contribution >= 0.6 is 0 Å². The number of sulfonamides is 1. The molecule has 2 aromatic carbocycles. The van der Waals surface area contributed by atoms with E-state index in [0.29, 0.717) is 18.6 Å². The van der Waals surface area contributed by atoms with Crippen LogP contribution in [0.1, 0.15) is 11.1 Å². The zero-order valence-electron chi connectivity index (χ0n) is 14.8. The maximum Gasteiger partial charge on any atom is 0.419 e. The van der Waals surface area contributed by atoms with Crippen molar-refractivity contribution >= 4 is 21.6 Å². The quantitative estimate of drug-likeness (QED) is 0.702. The number of carbonyl (C=O) groups is 1. The molecule has 0 aromatic heterocycles. The predicted octanol–water partition coefficient (Wildman–Crippen LogP) is 3.29. The van der Waals surface area contributed by atoms with Gasteiger partial charge in [-0.3, -0.25) is 4.79 Å². The molecular formula is C18H18F4N2O3S. The number of carbonyl (C=O) groups excluding carboxylic acids is 1. The summed E-state index contributed by atoms with van der Waals surface area (Å²) in [6, 6.07) is 11.0. The summed E-state index contributed by atoms with van der Waals surface area (Å²) in [6.45, 7) is -0.558.